The Bertz CT molecular complexity index is 620. The summed E-state index contributed by atoms with van der Waals surface area (Å²) in [7, 11) is -3.02. The first-order valence-corrected chi connectivity index (χ1v) is 11.0. The molecule has 0 radical (unpaired) electrons. The molecule has 1 unspecified atom stereocenters. The van der Waals surface area contributed by atoms with E-state index in [-0.39, 0.29) is 29.7 Å². The molecule has 9 heteroatoms. The quantitative estimate of drug-likeness (QED) is 0.326. The van der Waals surface area contributed by atoms with Gasteiger partial charge in [-0.2, -0.15) is 0 Å². The van der Waals surface area contributed by atoms with E-state index in [0.29, 0.717) is 25.6 Å². The van der Waals surface area contributed by atoms with Crippen LogP contribution in [0.3, 0.4) is 0 Å². The number of aliphatic imine (C=N–C) groups is 1. The zero-order chi connectivity index (χ0) is 17.4. The number of thiophene rings is 1. The lowest BCUT2D eigenvalue weighted by atomic mass is 10.1. The van der Waals surface area contributed by atoms with Crippen molar-refractivity contribution in [3.8, 4) is 0 Å². The molecule has 0 aromatic carbocycles. The van der Waals surface area contributed by atoms with Gasteiger partial charge < -0.3 is 10.6 Å². The van der Waals surface area contributed by atoms with Gasteiger partial charge in [-0.1, -0.05) is 13.0 Å². The lowest BCUT2D eigenvalue weighted by Gasteiger charge is -2.17. The predicted octanol–water partition coefficient (Wildman–Crippen LogP) is 2.14. The second-order valence-corrected chi connectivity index (χ2v) is 9.22. The molecule has 1 saturated heterocycles. The highest BCUT2D eigenvalue weighted by Crippen LogP contribution is 2.14. The molecule has 0 spiro atoms. The molecule has 2 rings (SSSR count). The van der Waals surface area contributed by atoms with E-state index in [1.165, 1.54) is 4.88 Å². The summed E-state index contributed by atoms with van der Waals surface area (Å²) in [4.78, 5) is 6.01. The Kier molecular flexibility index (Phi) is 10.3. The minimum atomic E-state index is -3.02. The molecule has 2 heterocycles. The fourth-order valence-corrected chi connectivity index (χ4v) is 5.07. The zero-order valence-electron chi connectivity index (χ0n) is 14.9. The Morgan fingerprint density at radius 2 is 2.24 bits per heavy atom. The largest absolute Gasteiger partial charge is 0.357 e. The van der Waals surface area contributed by atoms with E-state index in [2.05, 4.69) is 40.1 Å². The molecular weight excluding hydrogens is 471 g/mol. The highest BCUT2D eigenvalue weighted by molar-refractivity contribution is 14.0. The van der Waals surface area contributed by atoms with Crippen molar-refractivity contribution in [2.75, 3.05) is 38.5 Å². The summed E-state index contributed by atoms with van der Waals surface area (Å²) in [6.45, 7) is 7.46. The highest BCUT2D eigenvalue weighted by atomic mass is 127. The molecule has 1 aromatic rings. The Morgan fingerprint density at radius 1 is 1.44 bits per heavy atom. The molecule has 2 N–H and O–H groups in total. The summed E-state index contributed by atoms with van der Waals surface area (Å²) in [5.41, 5.74) is 0. The van der Waals surface area contributed by atoms with Gasteiger partial charge >= 0.3 is 0 Å². The van der Waals surface area contributed by atoms with Crippen LogP contribution >= 0.6 is 35.3 Å². The van der Waals surface area contributed by atoms with Crippen LogP contribution in [-0.4, -0.2) is 57.2 Å². The zero-order valence-corrected chi connectivity index (χ0v) is 18.9. The summed E-state index contributed by atoms with van der Waals surface area (Å²) in [6.07, 6.45) is 1.77. The number of rotatable bonds is 8. The fraction of sp³-hybridized carbons (Fsp3) is 0.688. The SMILES string of the molecule is CCNC(=NCC(C)Cc1cccs1)NCCN1CCCS1(=O)=O.I. The van der Waals surface area contributed by atoms with Gasteiger partial charge in [-0.25, -0.2) is 12.7 Å². The van der Waals surface area contributed by atoms with Crippen molar-refractivity contribution in [1.29, 1.82) is 0 Å². The minimum absolute atomic E-state index is 0. The second-order valence-electron chi connectivity index (χ2n) is 6.10. The van der Waals surface area contributed by atoms with E-state index in [9.17, 15) is 8.42 Å². The average Bonchev–Trinajstić information content (AvgIpc) is 3.14. The van der Waals surface area contributed by atoms with Gasteiger partial charge in [0.2, 0.25) is 10.0 Å². The first-order valence-electron chi connectivity index (χ1n) is 8.53. The Morgan fingerprint density at radius 3 is 2.84 bits per heavy atom. The van der Waals surface area contributed by atoms with Gasteiger partial charge in [0.1, 0.15) is 0 Å². The van der Waals surface area contributed by atoms with Crippen LogP contribution < -0.4 is 10.6 Å². The van der Waals surface area contributed by atoms with E-state index < -0.39 is 10.0 Å². The summed E-state index contributed by atoms with van der Waals surface area (Å²) >= 11 is 1.78. The molecule has 1 aromatic heterocycles. The molecule has 144 valence electrons. The maximum Gasteiger partial charge on any atom is 0.214 e. The molecule has 1 fully saturated rings. The number of nitrogens with one attached hydrogen (secondary N) is 2. The Labute approximate surface area is 172 Å². The van der Waals surface area contributed by atoms with Crippen molar-refractivity contribution in [3.63, 3.8) is 0 Å². The van der Waals surface area contributed by atoms with Gasteiger partial charge in [-0.3, -0.25) is 4.99 Å². The van der Waals surface area contributed by atoms with Crippen molar-refractivity contribution in [3.05, 3.63) is 22.4 Å². The van der Waals surface area contributed by atoms with E-state index >= 15 is 0 Å². The van der Waals surface area contributed by atoms with E-state index in [0.717, 1.165) is 31.9 Å². The summed E-state index contributed by atoms with van der Waals surface area (Å²) in [5.74, 6) is 1.51. The van der Waals surface area contributed by atoms with E-state index in [4.69, 9.17) is 0 Å². The lowest BCUT2D eigenvalue weighted by molar-refractivity contribution is 0.445. The maximum atomic E-state index is 11.8. The standard InChI is InChI=1S/C16H28N4O2S2.HI/c1-3-17-16(18-7-9-20-8-5-11-24(20,21)22)19-13-14(2)12-15-6-4-10-23-15;/h4,6,10,14H,3,5,7-9,11-13H2,1-2H3,(H2,17,18,19);1H. The molecule has 1 aliphatic heterocycles. The number of sulfonamides is 1. The van der Waals surface area contributed by atoms with Crippen molar-refractivity contribution >= 4 is 51.3 Å². The number of hydrogen-bond acceptors (Lipinski definition) is 4. The van der Waals surface area contributed by atoms with E-state index in [1.54, 1.807) is 15.6 Å². The molecular formula is C16H29IN4O2S2. The van der Waals surface area contributed by atoms with Gasteiger partial charge in [0, 0.05) is 37.6 Å². The fourth-order valence-electron chi connectivity index (χ4n) is 2.67. The topological polar surface area (TPSA) is 73.8 Å². The average molecular weight is 500 g/mol. The Balaban J connectivity index is 0.00000312. The van der Waals surface area contributed by atoms with Crippen LogP contribution in [-0.2, 0) is 16.4 Å². The number of hydrogen-bond donors (Lipinski definition) is 2. The molecule has 0 aliphatic carbocycles. The van der Waals surface area contributed by atoms with Gasteiger partial charge in [0.25, 0.3) is 0 Å². The molecule has 0 bridgehead atoms. The number of nitrogens with zero attached hydrogens (tertiary/aromatic N) is 2. The van der Waals surface area contributed by atoms with Crippen LogP contribution in [0.2, 0.25) is 0 Å². The third kappa shape index (κ3) is 7.79. The van der Waals surface area contributed by atoms with Crippen LogP contribution in [0.5, 0.6) is 0 Å². The van der Waals surface area contributed by atoms with Crippen molar-refractivity contribution in [2.45, 2.75) is 26.7 Å². The molecule has 0 saturated carbocycles. The monoisotopic (exact) mass is 500 g/mol. The summed E-state index contributed by atoms with van der Waals surface area (Å²) < 4.78 is 25.1. The molecule has 1 atom stereocenters. The van der Waals surface area contributed by atoms with Crippen LogP contribution in [0.1, 0.15) is 25.1 Å². The van der Waals surface area contributed by atoms with Crippen LogP contribution in [0.25, 0.3) is 0 Å². The number of halogens is 1. The molecule has 1 aliphatic rings. The molecule has 0 amide bonds. The van der Waals surface area contributed by atoms with Crippen LogP contribution in [0.15, 0.2) is 22.5 Å². The number of guanidine groups is 1. The van der Waals surface area contributed by atoms with Crippen molar-refractivity contribution in [1.82, 2.24) is 14.9 Å². The van der Waals surface area contributed by atoms with Gasteiger partial charge in [0.15, 0.2) is 5.96 Å². The predicted molar refractivity (Wildman–Crippen MR) is 117 cm³/mol. The first kappa shape index (κ1) is 22.7. The van der Waals surface area contributed by atoms with Crippen molar-refractivity contribution < 1.29 is 8.42 Å². The Hall–Kier alpha value is -0.390. The van der Waals surface area contributed by atoms with Crippen LogP contribution in [0, 0.1) is 5.92 Å². The molecule has 6 nitrogen and oxygen atoms in total. The summed E-state index contributed by atoms with van der Waals surface area (Å²) in [5, 5.41) is 8.55. The van der Waals surface area contributed by atoms with Gasteiger partial charge in [-0.15, -0.1) is 35.3 Å². The smallest absolute Gasteiger partial charge is 0.214 e. The van der Waals surface area contributed by atoms with Crippen molar-refractivity contribution in [2.24, 2.45) is 10.9 Å². The van der Waals surface area contributed by atoms with Gasteiger partial charge in [0.05, 0.1) is 5.75 Å². The molecule has 25 heavy (non-hydrogen) atoms. The highest BCUT2D eigenvalue weighted by Gasteiger charge is 2.27. The minimum Gasteiger partial charge on any atom is -0.357 e. The first-order chi connectivity index (χ1) is 11.5. The third-order valence-electron chi connectivity index (χ3n) is 3.89. The van der Waals surface area contributed by atoms with E-state index in [1.807, 2.05) is 6.92 Å². The van der Waals surface area contributed by atoms with Gasteiger partial charge in [-0.05, 0) is 37.1 Å². The lowest BCUT2D eigenvalue weighted by Crippen LogP contribution is -2.42. The summed E-state index contributed by atoms with van der Waals surface area (Å²) in [6, 6.07) is 4.23. The normalized spacial score (nSPS) is 18.6. The third-order valence-corrected chi connectivity index (χ3v) is 6.75. The maximum absolute atomic E-state index is 11.8. The van der Waals surface area contributed by atoms with Crippen LogP contribution in [0.4, 0.5) is 0 Å². The second kappa shape index (κ2) is 11.3.